The zero-order valence-electron chi connectivity index (χ0n) is 9.03. The van der Waals surface area contributed by atoms with E-state index in [-0.39, 0.29) is 0 Å². The van der Waals surface area contributed by atoms with Crippen molar-refractivity contribution in [3.8, 4) is 0 Å². The largest absolute Gasteiger partial charge is 0.384 e. The maximum atomic E-state index is 5.97. The summed E-state index contributed by atoms with van der Waals surface area (Å²) < 4.78 is 2.02. The van der Waals surface area contributed by atoms with Crippen LogP contribution < -0.4 is 5.73 Å². The van der Waals surface area contributed by atoms with Gasteiger partial charge in [-0.2, -0.15) is 5.10 Å². The number of nitrogen functional groups attached to an aromatic ring is 1. The number of aryl methyl sites for hydroxylation is 1. The maximum absolute atomic E-state index is 5.97. The summed E-state index contributed by atoms with van der Waals surface area (Å²) in [6.45, 7) is 4.35. The lowest BCUT2D eigenvalue weighted by molar-refractivity contribution is 0.276. The molecular weight excluding hydrogens is 174 g/mol. The van der Waals surface area contributed by atoms with E-state index in [1.165, 1.54) is 25.7 Å². The summed E-state index contributed by atoms with van der Waals surface area (Å²) >= 11 is 0. The van der Waals surface area contributed by atoms with E-state index in [2.05, 4.69) is 12.0 Å². The number of hydrogen-bond donors (Lipinski definition) is 1. The SMILES string of the molecule is Cc1cnn(C2CCC(C)CC2)c1N. The molecule has 3 nitrogen and oxygen atoms in total. The fourth-order valence-electron chi connectivity index (χ4n) is 2.24. The Hall–Kier alpha value is -0.990. The lowest BCUT2D eigenvalue weighted by Crippen LogP contribution is -2.19. The Bertz CT molecular complexity index is 308. The van der Waals surface area contributed by atoms with Gasteiger partial charge in [0.05, 0.1) is 12.2 Å². The number of aromatic nitrogens is 2. The fourth-order valence-corrected chi connectivity index (χ4v) is 2.24. The number of nitrogens with two attached hydrogens (primary N) is 1. The van der Waals surface area contributed by atoms with Gasteiger partial charge in [-0.05, 0) is 38.5 Å². The molecule has 0 amide bonds. The van der Waals surface area contributed by atoms with E-state index < -0.39 is 0 Å². The number of nitrogens with zero attached hydrogens (tertiary/aromatic N) is 2. The first kappa shape index (κ1) is 9.56. The molecule has 0 spiro atoms. The van der Waals surface area contributed by atoms with Crippen molar-refractivity contribution < 1.29 is 0 Å². The lowest BCUT2D eigenvalue weighted by Gasteiger charge is -2.27. The molecule has 0 atom stereocenters. The van der Waals surface area contributed by atoms with E-state index >= 15 is 0 Å². The molecule has 2 N–H and O–H groups in total. The van der Waals surface area contributed by atoms with E-state index in [4.69, 9.17) is 5.73 Å². The zero-order chi connectivity index (χ0) is 10.1. The molecule has 0 bridgehead atoms. The highest BCUT2D eigenvalue weighted by Gasteiger charge is 2.21. The minimum absolute atomic E-state index is 0.542. The molecule has 1 aliphatic rings. The monoisotopic (exact) mass is 193 g/mol. The average Bonchev–Trinajstić information content (AvgIpc) is 2.50. The van der Waals surface area contributed by atoms with Crippen LogP contribution in [-0.2, 0) is 0 Å². The van der Waals surface area contributed by atoms with Crippen LogP contribution in [0.1, 0.15) is 44.2 Å². The third kappa shape index (κ3) is 1.63. The number of rotatable bonds is 1. The van der Waals surface area contributed by atoms with Crippen LogP contribution >= 0.6 is 0 Å². The first-order chi connectivity index (χ1) is 6.68. The molecule has 1 aromatic rings. The smallest absolute Gasteiger partial charge is 0.124 e. The summed E-state index contributed by atoms with van der Waals surface area (Å²) in [7, 11) is 0. The second-order valence-electron chi connectivity index (χ2n) is 4.57. The molecule has 0 radical (unpaired) electrons. The van der Waals surface area contributed by atoms with Crippen LogP contribution in [0.2, 0.25) is 0 Å². The predicted molar refractivity (Wildman–Crippen MR) is 58.0 cm³/mol. The Kier molecular flexibility index (Phi) is 2.48. The average molecular weight is 193 g/mol. The molecular formula is C11H19N3. The van der Waals surface area contributed by atoms with E-state index in [1.54, 1.807) is 0 Å². The highest BCUT2D eigenvalue weighted by molar-refractivity contribution is 5.37. The van der Waals surface area contributed by atoms with E-state index in [9.17, 15) is 0 Å². The quantitative estimate of drug-likeness (QED) is 0.744. The van der Waals surface area contributed by atoms with Gasteiger partial charge in [0.1, 0.15) is 5.82 Å². The van der Waals surface area contributed by atoms with Gasteiger partial charge >= 0.3 is 0 Å². The van der Waals surface area contributed by atoms with Gasteiger partial charge in [-0.25, -0.2) is 4.68 Å². The zero-order valence-corrected chi connectivity index (χ0v) is 9.03. The molecule has 1 saturated carbocycles. The number of anilines is 1. The van der Waals surface area contributed by atoms with Gasteiger partial charge < -0.3 is 5.73 Å². The van der Waals surface area contributed by atoms with Crippen molar-refractivity contribution in [3.63, 3.8) is 0 Å². The van der Waals surface area contributed by atoms with Crippen LogP contribution in [0.4, 0.5) is 5.82 Å². The summed E-state index contributed by atoms with van der Waals surface area (Å²) in [5.41, 5.74) is 7.07. The Labute approximate surface area is 85.3 Å². The van der Waals surface area contributed by atoms with Crippen molar-refractivity contribution in [2.45, 2.75) is 45.6 Å². The van der Waals surface area contributed by atoms with E-state index in [0.29, 0.717) is 6.04 Å². The molecule has 1 aromatic heterocycles. The minimum atomic E-state index is 0.542. The van der Waals surface area contributed by atoms with Crippen LogP contribution in [0, 0.1) is 12.8 Å². The summed E-state index contributed by atoms with van der Waals surface area (Å²) in [5.74, 6) is 1.73. The Morgan fingerprint density at radius 3 is 2.50 bits per heavy atom. The normalized spacial score (nSPS) is 27.9. The standard InChI is InChI=1S/C11H19N3/c1-8-3-5-10(6-4-8)14-11(12)9(2)7-13-14/h7-8,10H,3-6,12H2,1-2H3. The first-order valence-electron chi connectivity index (χ1n) is 5.48. The molecule has 0 unspecified atom stereocenters. The molecule has 0 aliphatic heterocycles. The van der Waals surface area contributed by atoms with Crippen LogP contribution in [-0.4, -0.2) is 9.78 Å². The second-order valence-corrected chi connectivity index (χ2v) is 4.57. The third-order valence-corrected chi connectivity index (χ3v) is 3.36. The van der Waals surface area contributed by atoms with Gasteiger partial charge in [-0.3, -0.25) is 0 Å². The summed E-state index contributed by atoms with van der Waals surface area (Å²) in [6, 6.07) is 0.542. The van der Waals surface area contributed by atoms with Crippen molar-refractivity contribution in [2.75, 3.05) is 5.73 Å². The second kappa shape index (κ2) is 3.64. The molecule has 0 saturated heterocycles. The van der Waals surface area contributed by atoms with Crippen LogP contribution in [0.3, 0.4) is 0 Å². The topological polar surface area (TPSA) is 43.8 Å². The lowest BCUT2D eigenvalue weighted by atomic mass is 9.87. The summed E-state index contributed by atoms with van der Waals surface area (Å²) in [6.07, 6.45) is 6.94. The Balaban J connectivity index is 2.12. The van der Waals surface area contributed by atoms with Gasteiger partial charge in [-0.1, -0.05) is 6.92 Å². The molecule has 0 aromatic carbocycles. The molecule has 14 heavy (non-hydrogen) atoms. The van der Waals surface area contributed by atoms with Gasteiger partial charge in [0.25, 0.3) is 0 Å². The molecule has 1 fully saturated rings. The molecule has 1 heterocycles. The van der Waals surface area contributed by atoms with Crippen LogP contribution in [0.5, 0.6) is 0 Å². The van der Waals surface area contributed by atoms with Gasteiger partial charge in [-0.15, -0.1) is 0 Å². The van der Waals surface area contributed by atoms with Gasteiger partial charge in [0.15, 0.2) is 0 Å². The molecule has 2 rings (SSSR count). The van der Waals surface area contributed by atoms with Gasteiger partial charge in [0.2, 0.25) is 0 Å². The van der Waals surface area contributed by atoms with Crippen molar-refractivity contribution >= 4 is 5.82 Å². The van der Waals surface area contributed by atoms with E-state index in [1.807, 2.05) is 17.8 Å². The van der Waals surface area contributed by atoms with Crippen molar-refractivity contribution in [3.05, 3.63) is 11.8 Å². The van der Waals surface area contributed by atoms with Crippen LogP contribution in [0.15, 0.2) is 6.20 Å². The minimum Gasteiger partial charge on any atom is -0.384 e. The van der Waals surface area contributed by atoms with Crippen molar-refractivity contribution in [2.24, 2.45) is 5.92 Å². The van der Waals surface area contributed by atoms with Gasteiger partial charge in [0, 0.05) is 5.56 Å². The highest BCUT2D eigenvalue weighted by atomic mass is 15.3. The maximum Gasteiger partial charge on any atom is 0.124 e. The number of hydrogen-bond acceptors (Lipinski definition) is 2. The highest BCUT2D eigenvalue weighted by Crippen LogP contribution is 2.33. The van der Waals surface area contributed by atoms with Crippen LogP contribution in [0.25, 0.3) is 0 Å². The van der Waals surface area contributed by atoms with E-state index in [0.717, 1.165) is 17.3 Å². The third-order valence-electron chi connectivity index (χ3n) is 3.36. The van der Waals surface area contributed by atoms with Crippen molar-refractivity contribution in [1.82, 2.24) is 9.78 Å². The fraction of sp³-hybridized carbons (Fsp3) is 0.727. The Morgan fingerprint density at radius 1 is 1.36 bits per heavy atom. The first-order valence-corrected chi connectivity index (χ1v) is 5.48. The molecule has 3 heteroatoms. The molecule has 78 valence electrons. The molecule has 1 aliphatic carbocycles. The predicted octanol–water partition coefficient (Wildman–Crippen LogP) is 2.52. The summed E-state index contributed by atoms with van der Waals surface area (Å²) in [5, 5.41) is 4.36. The summed E-state index contributed by atoms with van der Waals surface area (Å²) in [4.78, 5) is 0. The van der Waals surface area contributed by atoms with Crippen molar-refractivity contribution in [1.29, 1.82) is 0 Å². The Morgan fingerprint density at radius 2 is 2.00 bits per heavy atom.